The van der Waals surface area contributed by atoms with Gasteiger partial charge in [0.05, 0.1) is 0 Å². The minimum absolute atomic E-state index is 0.880. The molecular formula is C8H17ClSi. The Balaban J connectivity index is 3.04. The molecule has 0 heterocycles. The van der Waals surface area contributed by atoms with E-state index < -0.39 is 8.11 Å². The summed E-state index contributed by atoms with van der Waals surface area (Å²) in [6.07, 6.45) is 5.92. The Bertz CT molecular complexity index is 83.3. The molecule has 0 bridgehead atoms. The maximum absolute atomic E-state index is 6.08. The number of halogens is 1. The lowest BCUT2D eigenvalue weighted by atomic mass is 10.3. The molecule has 0 aliphatic rings. The number of hydrogen-bond donors (Lipinski definition) is 0. The standard InChI is InChI=1S/C8H17ClSi/c1-3-5-6-8-10(9)7-4-2/h4,10H,2-3,5-8H2,1H3. The summed E-state index contributed by atoms with van der Waals surface area (Å²) in [5.41, 5.74) is 0. The van der Waals surface area contributed by atoms with Crippen LogP contribution in [0.4, 0.5) is 0 Å². The maximum atomic E-state index is 6.08. The second kappa shape index (κ2) is 7.36. The van der Waals surface area contributed by atoms with Gasteiger partial charge < -0.3 is 0 Å². The Hall–Kier alpha value is 0.247. The summed E-state index contributed by atoms with van der Waals surface area (Å²) in [7, 11) is -0.880. The van der Waals surface area contributed by atoms with E-state index in [-0.39, 0.29) is 0 Å². The Morgan fingerprint density at radius 3 is 2.70 bits per heavy atom. The lowest BCUT2D eigenvalue weighted by Crippen LogP contribution is -1.99. The van der Waals surface area contributed by atoms with Gasteiger partial charge in [-0.1, -0.05) is 32.3 Å². The predicted octanol–water partition coefficient (Wildman–Crippen LogP) is 3.33. The van der Waals surface area contributed by atoms with Gasteiger partial charge in [-0.05, 0) is 12.1 Å². The number of hydrogen-bond acceptors (Lipinski definition) is 0. The molecule has 1 unspecified atom stereocenters. The molecule has 1 atom stereocenters. The zero-order valence-electron chi connectivity index (χ0n) is 6.78. The first-order valence-corrected chi connectivity index (χ1v) is 7.44. The summed E-state index contributed by atoms with van der Waals surface area (Å²) < 4.78 is 0. The van der Waals surface area contributed by atoms with Crippen LogP contribution in [0.25, 0.3) is 0 Å². The van der Waals surface area contributed by atoms with Crippen LogP contribution in [-0.2, 0) is 0 Å². The second-order valence-corrected chi connectivity index (χ2v) is 6.71. The fraction of sp³-hybridized carbons (Fsp3) is 0.750. The fourth-order valence-electron chi connectivity index (χ4n) is 0.915. The SMILES string of the molecule is C=CC[SiH](Cl)CCCCC. The first-order valence-electron chi connectivity index (χ1n) is 4.06. The highest BCUT2D eigenvalue weighted by Crippen LogP contribution is 2.10. The molecule has 10 heavy (non-hydrogen) atoms. The highest BCUT2D eigenvalue weighted by atomic mass is 35.6. The van der Waals surface area contributed by atoms with Crippen molar-refractivity contribution in [3.05, 3.63) is 12.7 Å². The van der Waals surface area contributed by atoms with Gasteiger partial charge in [0.1, 0.15) is 8.11 Å². The molecule has 0 fully saturated rings. The molecule has 0 saturated heterocycles. The maximum Gasteiger partial charge on any atom is 0.144 e. The van der Waals surface area contributed by atoms with Crippen LogP contribution >= 0.6 is 11.1 Å². The molecule has 0 rings (SSSR count). The number of unbranched alkanes of at least 4 members (excludes halogenated alkanes) is 2. The van der Waals surface area contributed by atoms with E-state index in [1.54, 1.807) is 0 Å². The van der Waals surface area contributed by atoms with Gasteiger partial charge >= 0.3 is 0 Å². The van der Waals surface area contributed by atoms with E-state index in [1.807, 2.05) is 6.08 Å². The van der Waals surface area contributed by atoms with Crippen LogP contribution in [0, 0.1) is 0 Å². The molecule has 2 heteroatoms. The third-order valence-electron chi connectivity index (χ3n) is 1.54. The molecule has 0 aromatic rings. The molecule has 0 saturated carbocycles. The van der Waals surface area contributed by atoms with Gasteiger partial charge in [0, 0.05) is 0 Å². The van der Waals surface area contributed by atoms with E-state index in [0.29, 0.717) is 0 Å². The number of allylic oxidation sites excluding steroid dienone is 1. The summed E-state index contributed by atoms with van der Waals surface area (Å²) in [5.74, 6) is 0. The van der Waals surface area contributed by atoms with Crippen molar-refractivity contribution in [2.24, 2.45) is 0 Å². The van der Waals surface area contributed by atoms with Crippen molar-refractivity contribution in [2.75, 3.05) is 0 Å². The molecular weight excluding hydrogens is 160 g/mol. The van der Waals surface area contributed by atoms with Crippen molar-refractivity contribution in [1.82, 2.24) is 0 Å². The third kappa shape index (κ3) is 6.37. The van der Waals surface area contributed by atoms with Gasteiger partial charge in [-0.25, -0.2) is 0 Å². The summed E-state index contributed by atoms with van der Waals surface area (Å²) in [6, 6.07) is 2.37. The van der Waals surface area contributed by atoms with Gasteiger partial charge in [-0.2, -0.15) is 11.1 Å². The zero-order valence-corrected chi connectivity index (χ0v) is 8.69. The summed E-state index contributed by atoms with van der Waals surface area (Å²) in [5, 5.41) is 0. The molecule has 0 spiro atoms. The van der Waals surface area contributed by atoms with Crippen LogP contribution in [-0.4, -0.2) is 8.11 Å². The first kappa shape index (κ1) is 10.2. The lowest BCUT2D eigenvalue weighted by molar-refractivity contribution is 0.767. The quantitative estimate of drug-likeness (QED) is 0.252. The highest BCUT2D eigenvalue weighted by molar-refractivity contribution is 7.07. The van der Waals surface area contributed by atoms with Crippen molar-refractivity contribution in [3.63, 3.8) is 0 Å². The first-order chi connectivity index (χ1) is 4.81. The van der Waals surface area contributed by atoms with Crippen molar-refractivity contribution in [2.45, 2.75) is 38.3 Å². The summed E-state index contributed by atoms with van der Waals surface area (Å²) in [6.45, 7) is 5.90. The average Bonchev–Trinajstić information content (AvgIpc) is 1.89. The van der Waals surface area contributed by atoms with Gasteiger partial charge in [-0.3, -0.25) is 0 Å². The predicted molar refractivity (Wildman–Crippen MR) is 52.3 cm³/mol. The van der Waals surface area contributed by atoms with Gasteiger partial charge in [0.25, 0.3) is 0 Å². The van der Waals surface area contributed by atoms with E-state index in [4.69, 9.17) is 11.1 Å². The highest BCUT2D eigenvalue weighted by Gasteiger charge is 2.02. The largest absolute Gasteiger partial charge is 0.171 e. The monoisotopic (exact) mass is 176 g/mol. The van der Waals surface area contributed by atoms with Crippen LogP contribution in [0.1, 0.15) is 26.2 Å². The van der Waals surface area contributed by atoms with E-state index in [0.717, 1.165) is 6.04 Å². The van der Waals surface area contributed by atoms with Crippen LogP contribution in [0.15, 0.2) is 12.7 Å². The van der Waals surface area contributed by atoms with E-state index >= 15 is 0 Å². The van der Waals surface area contributed by atoms with Crippen molar-refractivity contribution in [1.29, 1.82) is 0 Å². The molecule has 0 aromatic carbocycles. The van der Waals surface area contributed by atoms with E-state index in [1.165, 1.54) is 25.3 Å². The van der Waals surface area contributed by atoms with Gasteiger partial charge in [0.15, 0.2) is 0 Å². The fourth-order valence-corrected chi connectivity index (χ4v) is 3.08. The smallest absolute Gasteiger partial charge is 0.144 e. The molecule has 0 aromatic heterocycles. The molecule has 0 aliphatic carbocycles. The molecule has 60 valence electrons. The molecule has 0 aliphatic heterocycles. The Morgan fingerprint density at radius 2 is 2.20 bits per heavy atom. The van der Waals surface area contributed by atoms with Crippen LogP contribution in [0.5, 0.6) is 0 Å². The van der Waals surface area contributed by atoms with E-state index in [2.05, 4.69) is 13.5 Å². The second-order valence-electron chi connectivity index (χ2n) is 2.62. The Labute approximate surface area is 70.6 Å². The molecule has 0 nitrogen and oxygen atoms in total. The molecule has 0 N–H and O–H groups in total. The Kier molecular flexibility index (Phi) is 7.54. The molecule has 0 radical (unpaired) electrons. The topological polar surface area (TPSA) is 0 Å². The Morgan fingerprint density at radius 1 is 1.50 bits per heavy atom. The van der Waals surface area contributed by atoms with Crippen LogP contribution in [0.3, 0.4) is 0 Å². The summed E-state index contributed by atoms with van der Waals surface area (Å²) >= 11 is 6.08. The van der Waals surface area contributed by atoms with Crippen molar-refractivity contribution >= 4 is 19.2 Å². The zero-order chi connectivity index (χ0) is 7.82. The van der Waals surface area contributed by atoms with Gasteiger partial charge in [-0.15, -0.1) is 6.58 Å². The average molecular weight is 177 g/mol. The van der Waals surface area contributed by atoms with Crippen molar-refractivity contribution in [3.8, 4) is 0 Å². The summed E-state index contributed by atoms with van der Waals surface area (Å²) in [4.78, 5) is 0. The number of rotatable bonds is 6. The third-order valence-corrected chi connectivity index (χ3v) is 4.61. The lowest BCUT2D eigenvalue weighted by Gasteiger charge is -2.01. The minimum atomic E-state index is -0.880. The molecule has 0 amide bonds. The minimum Gasteiger partial charge on any atom is -0.171 e. The van der Waals surface area contributed by atoms with Crippen LogP contribution < -0.4 is 0 Å². The van der Waals surface area contributed by atoms with Crippen molar-refractivity contribution < 1.29 is 0 Å². The van der Waals surface area contributed by atoms with Crippen LogP contribution in [0.2, 0.25) is 12.1 Å². The van der Waals surface area contributed by atoms with Gasteiger partial charge in [0.2, 0.25) is 0 Å². The normalized spacial score (nSPS) is 13.0. The van der Waals surface area contributed by atoms with E-state index in [9.17, 15) is 0 Å².